The van der Waals surface area contributed by atoms with Crippen LogP contribution in [0.2, 0.25) is 5.02 Å². The standard InChI is InChI=1S/C21H19ClN2O4S/c1-10-17(12(3)25)11(2)23-18(10)19(26)13(4)28-21(27)16-9-29-20(24-16)14-5-7-15(22)8-6-14/h5-9,13,23H,1-4H3. The smallest absolute Gasteiger partial charge is 0.358 e. The van der Waals surface area contributed by atoms with E-state index in [0.717, 1.165) is 5.56 Å². The number of nitrogens with zero attached hydrogens (tertiary/aromatic N) is 1. The number of aromatic amines is 1. The largest absolute Gasteiger partial charge is 0.449 e. The van der Waals surface area contributed by atoms with Gasteiger partial charge < -0.3 is 9.72 Å². The fourth-order valence-electron chi connectivity index (χ4n) is 3.09. The molecule has 8 heteroatoms. The minimum Gasteiger partial charge on any atom is -0.449 e. The van der Waals surface area contributed by atoms with E-state index in [0.29, 0.717) is 26.9 Å². The molecule has 1 unspecified atom stereocenters. The Morgan fingerprint density at radius 2 is 1.83 bits per heavy atom. The maximum atomic E-state index is 12.7. The molecule has 6 nitrogen and oxygen atoms in total. The SMILES string of the molecule is CC(=O)c1c(C)[nH]c(C(=O)C(C)OC(=O)c2csc(-c3ccc(Cl)cc3)n2)c1C. The summed E-state index contributed by atoms with van der Waals surface area (Å²) < 4.78 is 5.32. The summed E-state index contributed by atoms with van der Waals surface area (Å²) >= 11 is 7.18. The molecular formula is C21H19ClN2O4S. The van der Waals surface area contributed by atoms with E-state index in [-0.39, 0.29) is 17.2 Å². The number of nitrogens with one attached hydrogen (secondary N) is 1. The molecule has 1 N–H and O–H groups in total. The fraction of sp³-hybridized carbons (Fsp3) is 0.238. The summed E-state index contributed by atoms with van der Waals surface area (Å²) in [5.74, 6) is -1.22. The van der Waals surface area contributed by atoms with Crippen molar-refractivity contribution in [2.75, 3.05) is 0 Å². The Bertz CT molecular complexity index is 1100. The highest BCUT2D eigenvalue weighted by Crippen LogP contribution is 2.26. The number of aromatic nitrogens is 2. The first-order valence-electron chi connectivity index (χ1n) is 8.85. The van der Waals surface area contributed by atoms with Crippen molar-refractivity contribution in [1.82, 2.24) is 9.97 Å². The topological polar surface area (TPSA) is 89.1 Å². The number of ether oxygens (including phenoxy) is 1. The molecule has 0 saturated carbocycles. The van der Waals surface area contributed by atoms with Gasteiger partial charge in [-0.3, -0.25) is 9.59 Å². The molecule has 150 valence electrons. The highest BCUT2D eigenvalue weighted by Gasteiger charge is 2.27. The average molecular weight is 431 g/mol. The average Bonchev–Trinajstić information content (AvgIpc) is 3.26. The van der Waals surface area contributed by atoms with Gasteiger partial charge in [-0.05, 0) is 45.4 Å². The van der Waals surface area contributed by atoms with Crippen LogP contribution < -0.4 is 0 Å². The number of halogens is 1. The van der Waals surface area contributed by atoms with Crippen LogP contribution in [0.4, 0.5) is 0 Å². The van der Waals surface area contributed by atoms with Gasteiger partial charge in [0.25, 0.3) is 0 Å². The van der Waals surface area contributed by atoms with Gasteiger partial charge in [-0.2, -0.15) is 0 Å². The third kappa shape index (κ3) is 4.31. The molecule has 0 aliphatic heterocycles. The number of carbonyl (C=O) groups is 3. The molecule has 3 aromatic rings. The Morgan fingerprint density at radius 3 is 2.41 bits per heavy atom. The first kappa shape index (κ1) is 21.0. The third-order valence-electron chi connectivity index (χ3n) is 4.49. The number of Topliss-reactive ketones (excluding diaryl/α,β-unsaturated/α-hetero) is 2. The van der Waals surface area contributed by atoms with E-state index in [1.807, 2.05) is 12.1 Å². The number of rotatable bonds is 6. The van der Waals surface area contributed by atoms with Crippen molar-refractivity contribution in [3.8, 4) is 10.6 Å². The van der Waals surface area contributed by atoms with E-state index in [1.165, 1.54) is 25.2 Å². The van der Waals surface area contributed by atoms with Crippen LogP contribution >= 0.6 is 22.9 Å². The first-order chi connectivity index (χ1) is 13.7. The molecule has 0 spiro atoms. The van der Waals surface area contributed by atoms with Gasteiger partial charge in [-0.15, -0.1) is 11.3 Å². The van der Waals surface area contributed by atoms with Gasteiger partial charge in [0.1, 0.15) is 5.01 Å². The second kappa shape index (κ2) is 8.31. The Kier molecular flexibility index (Phi) is 6.00. The van der Waals surface area contributed by atoms with Crippen molar-refractivity contribution in [3.63, 3.8) is 0 Å². The predicted molar refractivity (Wildman–Crippen MR) is 112 cm³/mol. The highest BCUT2D eigenvalue weighted by atomic mass is 35.5. The minimum atomic E-state index is -1.03. The van der Waals surface area contributed by atoms with Crippen molar-refractivity contribution >= 4 is 40.5 Å². The Balaban J connectivity index is 1.74. The lowest BCUT2D eigenvalue weighted by molar-refractivity contribution is 0.0312. The van der Waals surface area contributed by atoms with Gasteiger partial charge in [0.15, 0.2) is 17.6 Å². The van der Waals surface area contributed by atoms with Crippen LogP contribution in [0, 0.1) is 13.8 Å². The van der Waals surface area contributed by atoms with Crippen molar-refractivity contribution in [2.24, 2.45) is 0 Å². The molecular weight excluding hydrogens is 412 g/mol. The zero-order valence-electron chi connectivity index (χ0n) is 16.3. The summed E-state index contributed by atoms with van der Waals surface area (Å²) in [6, 6.07) is 7.11. The lowest BCUT2D eigenvalue weighted by Gasteiger charge is -2.11. The van der Waals surface area contributed by atoms with E-state index in [1.54, 1.807) is 31.4 Å². The van der Waals surface area contributed by atoms with E-state index >= 15 is 0 Å². The van der Waals surface area contributed by atoms with E-state index < -0.39 is 17.9 Å². The molecule has 3 rings (SSSR count). The zero-order chi connectivity index (χ0) is 21.3. The summed E-state index contributed by atoms with van der Waals surface area (Å²) in [4.78, 5) is 44.2. The summed E-state index contributed by atoms with van der Waals surface area (Å²) in [5.41, 5.74) is 2.89. The van der Waals surface area contributed by atoms with Gasteiger partial charge in [0.2, 0.25) is 5.78 Å². The number of aryl methyl sites for hydroxylation is 1. The van der Waals surface area contributed by atoms with Crippen molar-refractivity contribution in [1.29, 1.82) is 0 Å². The highest BCUT2D eigenvalue weighted by molar-refractivity contribution is 7.13. The Labute approximate surface area is 176 Å². The monoisotopic (exact) mass is 430 g/mol. The number of carbonyl (C=O) groups excluding carboxylic acids is 3. The van der Waals surface area contributed by atoms with Crippen molar-refractivity contribution < 1.29 is 19.1 Å². The molecule has 0 bridgehead atoms. The fourth-order valence-corrected chi connectivity index (χ4v) is 4.02. The van der Waals surface area contributed by atoms with E-state index in [4.69, 9.17) is 16.3 Å². The summed E-state index contributed by atoms with van der Waals surface area (Å²) in [7, 11) is 0. The molecule has 0 amide bonds. The van der Waals surface area contributed by atoms with Crippen LogP contribution in [0.25, 0.3) is 10.6 Å². The predicted octanol–water partition coefficient (Wildman–Crippen LogP) is 5.04. The Hall–Kier alpha value is -2.77. The zero-order valence-corrected chi connectivity index (χ0v) is 17.9. The normalized spacial score (nSPS) is 11.9. The summed E-state index contributed by atoms with van der Waals surface area (Å²) in [6.45, 7) is 6.36. The molecule has 0 aliphatic rings. The van der Waals surface area contributed by atoms with Crippen LogP contribution in [-0.4, -0.2) is 33.6 Å². The van der Waals surface area contributed by atoms with Crippen LogP contribution in [0.3, 0.4) is 0 Å². The quantitative estimate of drug-likeness (QED) is 0.437. The number of esters is 1. The van der Waals surface area contributed by atoms with Gasteiger partial charge in [0.05, 0.1) is 5.69 Å². The molecule has 1 aromatic carbocycles. The van der Waals surface area contributed by atoms with Crippen LogP contribution in [-0.2, 0) is 4.74 Å². The van der Waals surface area contributed by atoms with Crippen LogP contribution in [0.1, 0.15) is 56.4 Å². The molecule has 2 heterocycles. The first-order valence-corrected chi connectivity index (χ1v) is 10.1. The second-order valence-corrected chi connectivity index (χ2v) is 7.93. The maximum absolute atomic E-state index is 12.7. The van der Waals surface area contributed by atoms with Crippen molar-refractivity contribution in [2.45, 2.75) is 33.8 Å². The number of H-pyrrole nitrogens is 1. The van der Waals surface area contributed by atoms with Gasteiger partial charge >= 0.3 is 5.97 Å². The second-order valence-electron chi connectivity index (χ2n) is 6.64. The summed E-state index contributed by atoms with van der Waals surface area (Å²) in [5, 5.41) is 2.84. The van der Waals surface area contributed by atoms with E-state index in [9.17, 15) is 14.4 Å². The lowest BCUT2D eigenvalue weighted by atomic mass is 10.0. The number of hydrogen-bond acceptors (Lipinski definition) is 6. The molecule has 1 atom stereocenters. The van der Waals surface area contributed by atoms with Crippen LogP contribution in [0.15, 0.2) is 29.6 Å². The van der Waals surface area contributed by atoms with Crippen LogP contribution in [0.5, 0.6) is 0 Å². The molecule has 0 aliphatic carbocycles. The van der Waals surface area contributed by atoms with Gasteiger partial charge in [0, 0.05) is 27.2 Å². The number of thiazole rings is 1. The van der Waals surface area contributed by atoms with E-state index in [2.05, 4.69) is 9.97 Å². The molecule has 29 heavy (non-hydrogen) atoms. The minimum absolute atomic E-state index is 0.128. The maximum Gasteiger partial charge on any atom is 0.358 e. The molecule has 0 fully saturated rings. The third-order valence-corrected chi connectivity index (χ3v) is 5.64. The summed E-state index contributed by atoms with van der Waals surface area (Å²) in [6.07, 6.45) is -1.03. The lowest BCUT2D eigenvalue weighted by Crippen LogP contribution is -2.25. The number of ketones is 2. The molecule has 2 aromatic heterocycles. The van der Waals surface area contributed by atoms with Gasteiger partial charge in [-0.25, -0.2) is 9.78 Å². The van der Waals surface area contributed by atoms with Gasteiger partial charge in [-0.1, -0.05) is 23.7 Å². The number of hydrogen-bond donors (Lipinski definition) is 1. The number of benzene rings is 1. The molecule has 0 radical (unpaired) electrons. The Morgan fingerprint density at radius 1 is 1.17 bits per heavy atom. The van der Waals surface area contributed by atoms with Crippen molar-refractivity contribution in [3.05, 3.63) is 62.9 Å². The molecule has 0 saturated heterocycles.